The zero-order valence-electron chi connectivity index (χ0n) is 15.6. The Morgan fingerprint density at radius 3 is 2.38 bits per heavy atom. The van der Waals surface area contributed by atoms with Crippen LogP contribution >= 0.6 is 15.9 Å². The van der Waals surface area contributed by atoms with Crippen molar-refractivity contribution in [3.63, 3.8) is 0 Å². The molecule has 2 heterocycles. The number of hydrogen-bond acceptors (Lipinski definition) is 5. The highest BCUT2D eigenvalue weighted by molar-refractivity contribution is 9.10. The predicted octanol–water partition coefficient (Wildman–Crippen LogP) is 3.72. The van der Waals surface area contributed by atoms with Gasteiger partial charge in [-0.05, 0) is 48.5 Å². The van der Waals surface area contributed by atoms with Crippen molar-refractivity contribution in [2.24, 2.45) is 0 Å². The van der Waals surface area contributed by atoms with Gasteiger partial charge in [-0.15, -0.1) is 0 Å². The van der Waals surface area contributed by atoms with Gasteiger partial charge in [0.05, 0.1) is 19.8 Å². The lowest BCUT2D eigenvalue weighted by Gasteiger charge is -2.25. The molecule has 3 aromatic rings. The van der Waals surface area contributed by atoms with Crippen LogP contribution in [0.2, 0.25) is 0 Å². The van der Waals surface area contributed by atoms with Gasteiger partial charge in [0.25, 0.3) is 5.91 Å². The maximum absolute atomic E-state index is 12.5. The molecule has 0 spiro atoms. The molecule has 4 rings (SSSR count). The summed E-state index contributed by atoms with van der Waals surface area (Å²) in [6, 6.07) is 14.2. The second-order valence-corrected chi connectivity index (χ2v) is 7.68. The summed E-state index contributed by atoms with van der Waals surface area (Å²) in [4.78, 5) is 26.7. The molecule has 0 radical (unpaired) electrons. The number of rotatable bonds is 5. The fraction of sp³-hybridized carbons (Fsp3) is 0.238. The van der Waals surface area contributed by atoms with E-state index >= 15 is 0 Å². The van der Waals surface area contributed by atoms with E-state index in [-0.39, 0.29) is 17.6 Å². The van der Waals surface area contributed by atoms with Crippen molar-refractivity contribution >= 4 is 50.1 Å². The van der Waals surface area contributed by atoms with Gasteiger partial charge in [-0.1, -0.05) is 15.9 Å². The fourth-order valence-electron chi connectivity index (χ4n) is 3.12. The Morgan fingerprint density at radius 2 is 1.66 bits per heavy atom. The average Bonchev–Trinajstić information content (AvgIpc) is 3.13. The summed E-state index contributed by atoms with van der Waals surface area (Å²) in [5.41, 5.74) is 1.94. The molecule has 1 saturated heterocycles. The number of carbonyl (C=O) groups excluding carboxylic acids is 2. The Bertz CT molecular complexity index is 1030. The summed E-state index contributed by atoms with van der Waals surface area (Å²) < 4.78 is 11.8. The maximum Gasteiger partial charge on any atom is 0.291 e. The Morgan fingerprint density at radius 1 is 0.966 bits per heavy atom. The Kier molecular flexibility index (Phi) is 5.94. The van der Waals surface area contributed by atoms with Gasteiger partial charge in [0, 0.05) is 34.3 Å². The van der Waals surface area contributed by atoms with Crippen LogP contribution in [0.3, 0.4) is 0 Å². The first-order valence-electron chi connectivity index (χ1n) is 9.27. The third kappa shape index (κ3) is 5.03. The summed E-state index contributed by atoms with van der Waals surface area (Å²) in [5.74, 6) is -0.167. The molecule has 7 nitrogen and oxygen atoms in total. The SMILES string of the molecule is O=C(CN1CCOCC1)Nc1ccc(NC(=O)c2cc3cc(Br)ccc3o2)cc1. The first kappa shape index (κ1) is 19.6. The van der Waals surface area contributed by atoms with Crippen molar-refractivity contribution in [3.8, 4) is 0 Å². The third-order valence-corrected chi connectivity index (χ3v) is 5.09. The maximum atomic E-state index is 12.5. The van der Waals surface area contributed by atoms with Crippen LogP contribution in [0.15, 0.2) is 57.4 Å². The van der Waals surface area contributed by atoms with Gasteiger partial charge in [0.15, 0.2) is 5.76 Å². The highest BCUT2D eigenvalue weighted by atomic mass is 79.9. The standard InChI is InChI=1S/C21H20BrN3O4/c22-15-1-6-18-14(11-15)12-19(29-18)21(27)24-17-4-2-16(3-5-17)23-20(26)13-25-7-9-28-10-8-25/h1-6,11-12H,7-10,13H2,(H,23,26)(H,24,27). The number of hydrogen-bond donors (Lipinski definition) is 2. The van der Waals surface area contributed by atoms with Gasteiger partial charge in [0.2, 0.25) is 5.91 Å². The number of ether oxygens (including phenoxy) is 1. The lowest BCUT2D eigenvalue weighted by molar-refractivity contribution is -0.118. The minimum Gasteiger partial charge on any atom is -0.451 e. The average molecular weight is 458 g/mol. The van der Waals surface area contributed by atoms with Crippen LogP contribution in [-0.4, -0.2) is 49.6 Å². The molecule has 0 bridgehead atoms. The van der Waals surface area contributed by atoms with Crippen molar-refractivity contribution < 1.29 is 18.7 Å². The summed E-state index contributed by atoms with van der Waals surface area (Å²) in [6.45, 7) is 3.17. The predicted molar refractivity (Wildman–Crippen MR) is 114 cm³/mol. The lowest BCUT2D eigenvalue weighted by Crippen LogP contribution is -2.41. The molecule has 0 aliphatic carbocycles. The number of furan rings is 1. The summed E-state index contributed by atoms with van der Waals surface area (Å²) >= 11 is 3.40. The smallest absolute Gasteiger partial charge is 0.291 e. The molecule has 1 aliphatic rings. The van der Waals surface area contributed by atoms with E-state index in [4.69, 9.17) is 9.15 Å². The zero-order chi connectivity index (χ0) is 20.2. The molecular formula is C21H20BrN3O4. The van der Waals surface area contributed by atoms with Gasteiger partial charge in [-0.2, -0.15) is 0 Å². The van der Waals surface area contributed by atoms with Crippen LogP contribution in [-0.2, 0) is 9.53 Å². The molecule has 2 aromatic carbocycles. The van der Waals surface area contributed by atoms with Gasteiger partial charge in [-0.25, -0.2) is 0 Å². The first-order chi connectivity index (χ1) is 14.1. The van der Waals surface area contributed by atoms with Crippen molar-refractivity contribution in [1.82, 2.24) is 4.90 Å². The van der Waals surface area contributed by atoms with E-state index in [1.165, 1.54) is 0 Å². The second-order valence-electron chi connectivity index (χ2n) is 6.76. The Labute approximate surface area is 176 Å². The van der Waals surface area contributed by atoms with E-state index in [0.717, 1.165) is 22.9 Å². The molecule has 0 atom stereocenters. The molecule has 1 fully saturated rings. The van der Waals surface area contributed by atoms with Gasteiger partial charge in [-0.3, -0.25) is 14.5 Å². The van der Waals surface area contributed by atoms with Crippen LogP contribution < -0.4 is 10.6 Å². The Hall–Kier alpha value is -2.68. The lowest BCUT2D eigenvalue weighted by atomic mass is 10.2. The Balaban J connectivity index is 1.34. The number of nitrogens with one attached hydrogen (secondary N) is 2. The number of benzene rings is 2. The van der Waals surface area contributed by atoms with Crippen LogP contribution in [0, 0.1) is 0 Å². The molecule has 0 unspecified atom stereocenters. The number of carbonyl (C=O) groups is 2. The molecule has 29 heavy (non-hydrogen) atoms. The van der Waals surface area contributed by atoms with Crippen LogP contribution in [0.1, 0.15) is 10.6 Å². The topological polar surface area (TPSA) is 83.8 Å². The van der Waals surface area contributed by atoms with E-state index in [1.807, 2.05) is 18.2 Å². The monoisotopic (exact) mass is 457 g/mol. The largest absolute Gasteiger partial charge is 0.451 e. The normalized spacial score (nSPS) is 14.7. The number of morpholine rings is 1. The van der Waals surface area contributed by atoms with E-state index in [1.54, 1.807) is 30.3 Å². The van der Waals surface area contributed by atoms with Crippen molar-refractivity contribution in [2.45, 2.75) is 0 Å². The fourth-order valence-corrected chi connectivity index (χ4v) is 3.50. The molecule has 2 N–H and O–H groups in total. The molecule has 8 heteroatoms. The number of nitrogens with zero attached hydrogens (tertiary/aromatic N) is 1. The minimum absolute atomic E-state index is 0.0721. The molecule has 0 saturated carbocycles. The van der Waals surface area contributed by atoms with E-state index in [0.29, 0.717) is 36.7 Å². The van der Waals surface area contributed by atoms with Gasteiger partial charge < -0.3 is 19.8 Å². The molecule has 1 aliphatic heterocycles. The second kappa shape index (κ2) is 8.77. The summed E-state index contributed by atoms with van der Waals surface area (Å²) in [5, 5.41) is 6.52. The van der Waals surface area contributed by atoms with Crippen molar-refractivity contribution in [3.05, 3.63) is 58.8 Å². The van der Waals surface area contributed by atoms with Gasteiger partial charge in [0.1, 0.15) is 5.58 Å². The minimum atomic E-state index is -0.332. The van der Waals surface area contributed by atoms with E-state index in [9.17, 15) is 9.59 Å². The van der Waals surface area contributed by atoms with Crippen LogP contribution in [0.4, 0.5) is 11.4 Å². The molecule has 2 amide bonds. The summed E-state index contributed by atoms with van der Waals surface area (Å²) in [6.07, 6.45) is 0. The highest BCUT2D eigenvalue weighted by Crippen LogP contribution is 2.24. The summed E-state index contributed by atoms with van der Waals surface area (Å²) in [7, 11) is 0. The van der Waals surface area contributed by atoms with Crippen molar-refractivity contribution in [2.75, 3.05) is 43.5 Å². The molecule has 1 aromatic heterocycles. The first-order valence-corrected chi connectivity index (χ1v) is 10.1. The molecule has 150 valence electrons. The zero-order valence-corrected chi connectivity index (χ0v) is 17.2. The number of anilines is 2. The van der Waals surface area contributed by atoms with Crippen LogP contribution in [0.5, 0.6) is 0 Å². The van der Waals surface area contributed by atoms with Crippen molar-refractivity contribution in [1.29, 1.82) is 0 Å². The van der Waals surface area contributed by atoms with E-state index < -0.39 is 0 Å². The van der Waals surface area contributed by atoms with Gasteiger partial charge >= 0.3 is 0 Å². The van der Waals surface area contributed by atoms with E-state index in [2.05, 4.69) is 31.5 Å². The highest BCUT2D eigenvalue weighted by Gasteiger charge is 2.15. The van der Waals surface area contributed by atoms with Crippen LogP contribution in [0.25, 0.3) is 11.0 Å². The third-order valence-electron chi connectivity index (χ3n) is 4.60. The molecular weight excluding hydrogens is 438 g/mol. The quantitative estimate of drug-likeness (QED) is 0.609. The number of fused-ring (bicyclic) bond motifs is 1. The number of halogens is 1. The number of amides is 2.